The quantitative estimate of drug-likeness (QED) is 0.798. The largest absolute Gasteiger partial charge is 0.481 e. The van der Waals surface area contributed by atoms with Crippen LogP contribution in [0.15, 0.2) is 0 Å². The van der Waals surface area contributed by atoms with Gasteiger partial charge in [-0.3, -0.25) is 4.79 Å². The minimum atomic E-state index is -0.501. The van der Waals surface area contributed by atoms with Crippen LogP contribution in [-0.4, -0.2) is 11.1 Å². The zero-order valence-electron chi connectivity index (χ0n) is 11.1. The topological polar surface area (TPSA) is 37.3 Å². The molecule has 0 saturated heterocycles. The van der Waals surface area contributed by atoms with E-state index >= 15 is 0 Å². The van der Waals surface area contributed by atoms with Crippen molar-refractivity contribution in [1.82, 2.24) is 0 Å². The van der Waals surface area contributed by atoms with Crippen LogP contribution in [-0.2, 0) is 4.79 Å². The summed E-state index contributed by atoms with van der Waals surface area (Å²) in [5.41, 5.74) is -0.355. The number of hydrogen-bond donors (Lipinski definition) is 1. The number of aliphatic carboxylic acids is 1. The molecule has 0 aromatic carbocycles. The van der Waals surface area contributed by atoms with E-state index in [-0.39, 0.29) is 5.41 Å². The van der Waals surface area contributed by atoms with Gasteiger partial charge in [0.1, 0.15) is 0 Å². The predicted molar refractivity (Wildman–Crippen MR) is 68.9 cm³/mol. The summed E-state index contributed by atoms with van der Waals surface area (Å²) < 4.78 is 0. The maximum atomic E-state index is 11.8. The van der Waals surface area contributed by atoms with Crippen LogP contribution in [0.1, 0.15) is 71.1 Å². The summed E-state index contributed by atoms with van der Waals surface area (Å²) in [5.74, 6) is 0.747. The third-order valence-corrected chi connectivity index (χ3v) is 5.39. The number of carbonyl (C=O) groups is 1. The lowest BCUT2D eigenvalue weighted by Crippen LogP contribution is -2.42. The fraction of sp³-hybridized carbons (Fsp3) is 0.933. The van der Waals surface area contributed by atoms with Crippen LogP contribution in [0, 0.1) is 17.3 Å². The van der Waals surface area contributed by atoms with Crippen molar-refractivity contribution >= 4 is 5.97 Å². The van der Waals surface area contributed by atoms with Gasteiger partial charge in [-0.15, -0.1) is 0 Å². The zero-order chi connectivity index (χ0) is 12.3. The molecule has 2 heteroatoms. The second kappa shape index (κ2) is 5.41. The summed E-state index contributed by atoms with van der Waals surface area (Å²) >= 11 is 0. The Morgan fingerprint density at radius 3 is 2.18 bits per heavy atom. The van der Waals surface area contributed by atoms with Crippen LogP contribution in [0.5, 0.6) is 0 Å². The first-order valence-electron chi connectivity index (χ1n) is 7.42. The molecule has 98 valence electrons. The third kappa shape index (κ3) is 2.51. The van der Waals surface area contributed by atoms with Gasteiger partial charge >= 0.3 is 5.97 Å². The third-order valence-electron chi connectivity index (χ3n) is 5.39. The molecular formula is C15H26O2. The smallest absolute Gasteiger partial charge is 0.309 e. The van der Waals surface area contributed by atoms with E-state index in [9.17, 15) is 9.90 Å². The normalized spacial score (nSPS) is 35.7. The molecular weight excluding hydrogens is 212 g/mol. The number of carboxylic acids is 1. The Kier molecular flexibility index (Phi) is 4.11. The van der Waals surface area contributed by atoms with Gasteiger partial charge in [-0.05, 0) is 50.4 Å². The summed E-state index contributed by atoms with van der Waals surface area (Å²) in [6.45, 7) is 2.24. The Bertz CT molecular complexity index is 258. The lowest BCUT2D eigenvalue weighted by atomic mass is 9.60. The second-order valence-corrected chi connectivity index (χ2v) is 6.15. The molecule has 2 nitrogen and oxygen atoms in total. The number of carboxylic acid groups (broad SMARTS) is 1. The van der Waals surface area contributed by atoms with E-state index in [0.717, 1.165) is 44.4 Å². The summed E-state index contributed by atoms with van der Waals surface area (Å²) in [6, 6.07) is 0. The Hall–Kier alpha value is -0.530. The molecule has 0 spiro atoms. The second-order valence-electron chi connectivity index (χ2n) is 6.15. The fourth-order valence-corrected chi connectivity index (χ4v) is 4.05. The molecule has 0 aliphatic heterocycles. The van der Waals surface area contributed by atoms with Crippen molar-refractivity contribution < 1.29 is 9.90 Å². The van der Waals surface area contributed by atoms with Crippen LogP contribution >= 0.6 is 0 Å². The highest BCUT2D eigenvalue weighted by Crippen LogP contribution is 2.50. The van der Waals surface area contributed by atoms with Crippen molar-refractivity contribution in [2.24, 2.45) is 17.3 Å². The van der Waals surface area contributed by atoms with Gasteiger partial charge in [-0.2, -0.15) is 0 Å². The van der Waals surface area contributed by atoms with E-state index in [1.165, 1.54) is 25.7 Å². The van der Waals surface area contributed by atoms with E-state index < -0.39 is 5.97 Å². The van der Waals surface area contributed by atoms with E-state index in [4.69, 9.17) is 0 Å². The lowest BCUT2D eigenvalue weighted by Gasteiger charge is -2.43. The first-order chi connectivity index (χ1) is 8.19. The molecule has 2 saturated carbocycles. The maximum Gasteiger partial charge on any atom is 0.309 e. The maximum absolute atomic E-state index is 11.8. The van der Waals surface area contributed by atoms with Gasteiger partial charge in [0.05, 0.1) is 5.41 Å². The molecule has 2 rings (SSSR count). The van der Waals surface area contributed by atoms with E-state index in [1.54, 1.807) is 0 Å². The van der Waals surface area contributed by atoms with Crippen molar-refractivity contribution in [2.45, 2.75) is 71.1 Å². The van der Waals surface area contributed by atoms with Gasteiger partial charge in [0, 0.05) is 0 Å². The van der Waals surface area contributed by atoms with Crippen molar-refractivity contribution in [3.8, 4) is 0 Å². The molecule has 0 bridgehead atoms. The lowest BCUT2D eigenvalue weighted by molar-refractivity contribution is -0.157. The van der Waals surface area contributed by atoms with Gasteiger partial charge in [0.15, 0.2) is 0 Å². The molecule has 0 heterocycles. The van der Waals surface area contributed by atoms with Gasteiger partial charge in [0.25, 0.3) is 0 Å². The SMILES string of the molecule is CCC1CCC(C(=O)O)(C2CCCCC2)CC1. The average Bonchev–Trinajstić information content (AvgIpc) is 2.39. The van der Waals surface area contributed by atoms with E-state index in [1.807, 2.05) is 0 Å². The molecule has 0 radical (unpaired) electrons. The Labute approximate surface area is 105 Å². The summed E-state index contributed by atoms with van der Waals surface area (Å²) in [5, 5.41) is 9.70. The molecule has 17 heavy (non-hydrogen) atoms. The van der Waals surface area contributed by atoms with Crippen LogP contribution in [0.3, 0.4) is 0 Å². The molecule has 0 unspecified atom stereocenters. The first-order valence-corrected chi connectivity index (χ1v) is 7.42. The Morgan fingerprint density at radius 1 is 1.12 bits per heavy atom. The summed E-state index contributed by atoms with van der Waals surface area (Å²) in [7, 11) is 0. The van der Waals surface area contributed by atoms with Crippen molar-refractivity contribution in [2.75, 3.05) is 0 Å². The Morgan fingerprint density at radius 2 is 1.71 bits per heavy atom. The van der Waals surface area contributed by atoms with E-state index in [0.29, 0.717) is 5.92 Å². The average molecular weight is 238 g/mol. The molecule has 1 N–H and O–H groups in total. The van der Waals surface area contributed by atoms with Crippen molar-refractivity contribution in [3.05, 3.63) is 0 Å². The van der Waals surface area contributed by atoms with Crippen LogP contribution in [0.25, 0.3) is 0 Å². The monoisotopic (exact) mass is 238 g/mol. The number of hydrogen-bond acceptors (Lipinski definition) is 1. The standard InChI is InChI=1S/C15H26O2/c1-2-12-8-10-15(11-9-12,14(16)17)13-6-4-3-5-7-13/h12-13H,2-11H2,1H3,(H,16,17). The molecule has 0 aromatic rings. The van der Waals surface area contributed by atoms with Gasteiger partial charge in [0.2, 0.25) is 0 Å². The van der Waals surface area contributed by atoms with Crippen LogP contribution in [0.2, 0.25) is 0 Å². The van der Waals surface area contributed by atoms with Gasteiger partial charge in [-0.25, -0.2) is 0 Å². The fourth-order valence-electron chi connectivity index (χ4n) is 4.05. The first kappa shape index (κ1) is 12.9. The summed E-state index contributed by atoms with van der Waals surface area (Å²) in [4.78, 5) is 11.8. The van der Waals surface area contributed by atoms with Crippen LogP contribution < -0.4 is 0 Å². The van der Waals surface area contributed by atoms with Crippen molar-refractivity contribution in [3.63, 3.8) is 0 Å². The molecule has 2 aliphatic rings. The minimum Gasteiger partial charge on any atom is -0.481 e. The summed E-state index contributed by atoms with van der Waals surface area (Å²) in [6.07, 6.45) is 11.5. The van der Waals surface area contributed by atoms with Crippen molar-refractivity contribution in [1.29, 1.82) is 0 Å². The van der Waals surface area contributed by atoms with Crippen LogP contribution in [0.4, 0.5) is 0 Å². The van der Waals surface area contributed by atoms with E-state index in [2.05, 4.69) is 6.92 Å². The van der Waals surface area contributed by atoms with Gasteiger partial charge in [-0.1, -0.05) is 32.6 Å². The molecule has 2 aliphatic carbocycles. The highest BCUT2D eigenvalue weighted by molar-refractivity contribution is 5.75. The Balaban J connectivity index is 2.07. The molecule has 0 amide bonds. The highest BCUT2D eigenvalue weighted by atomic mass is 16.4. The molecule has 0 aromatic heterocycles. The predicted octanol–water partition coefficient (Wildman–Crippen LogP) is 4.24. The zero-order valence-corrected chi connectivity index (χ0v) is 11.1. The number of rotatable bonds is 3. The highest BCUT2D eigenvalue weighted by Gasteiger charge is 2.47. The molecule has 2 fully saturated rings. The minimum absolute atomic E-state index is 0.355. The molecule has 0 atom stereocenters. The van der Waals surface area contributed by atoms with Gasteiger partial charge < -0.3 is 5.11 Å².